The van der Waals surface area contributed by atoms with Crippen molar-refractivity contribution in [2.24, 2.45) is 0 Å². The summed E-state index contributed by atoms with van der Waals surface area (Å²) < 4.78 is 13.0. The number of hydrogen-bond acceptors (Lipinski definition) is 8. The first-order chi connectivity index (χ1) is 14.5. The van der Waals surface area contributed by atoms with Crippen LogP contribution in [0.5, 0.6) is 11.5 Å². The molecule has 4 aromatic rings. The van der Waals surface area contributed by atoms with E-state index < -0.39 is 5.25 Å². The Morgan fingerprint density at radius 1 is 1.20 bits per heavy atom. The highest BCUT2D eigenvalue weighted by atomic mass is 35.5. The monoisotopic (exact) mass is 443 g/mol. The van der Waals surface area contributed by atoms with Crippen molar-refractivity contribution in [2.45, 2.75) is 25.3 Å². The second kappa shape index (κ2) is 8.76. The van der Waals surface area contributed by atoms with Crippen molar-refractivity contribution in [1.29, 1.82) is 0 Å². The summed E-state index contributed by atoms with van der Waals surface area (Å²) in [4.78, 5) is 4.44. The first-order valence-electron chi connectivity index (χ1n) is 9.16. The van der Waals surface area contributed by atoms with Gasteiger partial charge in [0.1, 0.15) is 23.4 Å². The standard InChI is InChI=1S/C20H18ClN5O3S/c1-2-26-16(11-28-15-8-6-14(27)7-9-15)23-24-19(26)17(30)18-22-20(29-25-18)12-4-3-5-13(21)10-12/h3-10,17,27,30H,2,11H2,1H3. The third-order valence-electron chi connectivity index (χ3n) is 4.38. The molecule has 0 aliphatic heterocycles. The summed E-state index contributed by atoms with van der Waals surface area (Å²) in [7, 11) is 0. The molecule has 0 saturated carbocycles. The van der Waals surface area contributed by atoms with Gasteiger partial charge in [0.05, 0.1) is 0 Å². The summed E-state index contributed by atoms with van der Waals surface area (Å²) >= 11 is 10.7. The minimum absolute atomic E-state index is 0.177. The van der Waals surface area contributed by atoms with Crippen LogP contribution in [-0.4, -0.2) is 30.0 Å². The zero-order chi connectivity index (χ0) is 21.1. The van der Waals surface area contributed by atoms with Crippen LogP contribution in [0.15, 0.2) is 53.1 Å². The number of nitrogens with zero attached hydrogens (tertiary/aromatic N) is 5. The van der Waals surface area contributed by atoms with Gasteiger partial charge >= 0.3 is 0 Å². The molecule has 0 spiro atoms. The van der Waals surface area contributed by atoms with Gasteiger partial charge in [-0.2, -0.15) is 17.6 Å². The van der Waals surface area contributed by atoms with Crippen LogP contribution in [-0.2, 0) is 13.2 Å². The summed E-state index contributed by atoms with van der Waals surface area (Å²) in [6, 6.07) is 13.7. The average molecular weight is 444 g/mol. The third kappa shape index (κ3) is 4.27. The van der Waals surface area contributed by atoms with Gasteiger partial charge in [-0.1, -0.05) is 22.8 Å². The van der Waals surface area contributed by atoms with Gasteiger partial charge in [-0.05, 0) is 49.4 Å². The van der Waals surface area contributed by atoms with Crippen LogP contribution in [0.4, 0.5) is 0 Å². The van der Waals surface area contributed by atoms with Crippen LogP contribution in [0.2, 0.25) is 5.02 Å². The highest BCUT2D eigenvalue weighted by Gasteiger charge is 2.24. The van der Waals surface area contributed by atoms with Gasteiger partial charge in [0.2, 0.25) is 0 Å². The quantitative estimate of drug-likeness (QED) is 0.410. The SMILES string of the molecule is CCn1c(COc2ccc(O)cc2)nnc1C(S)c1noc(-c2cccc(Cl)c2)n1. The van der Waals surface area contributed by atoms with Crippen molar-refractivity contribution in [3.05, 3.63) is 71.0 Å². The molecule has 30 heavy (non-hydrogen) atoms. The lowest BCUT2D eigenvalue weighted by atomic mass is 10.2. The molecular weight excluding hydrogens is 426 g/mol. The summed E-state index contributed by atoms with van der Waals surface area (Å²) in [6.45, 7) is 2.81. The number of phenols is 1. The highest BCUT2D eigenvalue weighted by Crippen LogP contribution is 2.28. The van der Waals surface area contributed by atoms with Crippen LogP contribution in [0.1, 0.15) is 29.6 Å². The molecule has 0 aliphatic rings. The predicted octanol–water partition coefficient (Wildman–Crippen LogP) is 4.31. The van der Waals surface area contributed by atoms with E-state index >= 15 is 0 Å². The lowest BCUT2D eigenvalue weighted by Crippen LogP contribution is -2.11. The molecule has 0 aliphatic carbocycles. The van der Waals surface area contributed by atoms with E-state index in [0.717, 1.165) is 5.56 Å². The lowest BCUT2D eigenvalue weighted by Gasteiger charge is -2.11. The van der Waals surface area contributed by atoms with Gasteiger partial charge in [0.25, 0.3) is 5.89 Å². The molecule has 8 nitrogen and oxygen atoms in total. The van der Waals surface area contributed by atoms with Crippen LogP contribution in [0.3, 0.4) is 0 Å². The van der Waals surface area contributed by atoms with E-state index in [1.54, 1.807) is 36.4 Å². The zero-order valence-electron chi connectivity index (χ0n) is 15.9. The number of aromatic nitrogens is 5. The van der Waals surface area contributed by atoms with E-state index in [1.807, 2.05) is 23.6 Å². The lowest BCUT2D eigenvalue weighted by molar-refractivity contribution is 0.288. The van der Waals surface area contributed by atoms with Crippen LogP contribution < -0.4 is 4.74 Å². The van der Waals surface area contributed by atoms with Crippen molar-refractivity contribution < 1.29 is 14.4 Å². The van der Waals surface area contributed by atoms with E-state index in [1.165, 1.54) is 0 Å². The van der Waals surface area contributed by atoms with E-state index in [9.17, 15) is 5.11 Å². The van der Waals surface area contributed by atoms with Crippen LogP contribution >= 0.6 is 24.2 Å². The van der Waals surface area contributed by atoms with Crippen molar-refractivity contribution in [3.63, 3.8) is 0 Å². The second-order valence-corrected chi connectivity index (χ2v) is 7.32. The smallest absolute Gasteiger partial charge is 0.258 e. The number of thiol groups is 1. The fourth-order valence-electron chi connectivity index (χ4n) is 2.89. The molecule has 2 heterocycles. The Morgan fingerprint density at radius 2 is 2.00 bits per heavy atom. The molecule has 154 valence electrons. The molecule has 1 N–H and O–H groups in total. The third-order valence-corrected chi connectivity index (χ3v) is 5.08. The summed E-state index contributed by atoms with van der Waals surface area (Å²) in [5.74, 6) is 2.75. The number of halogens is 1. The minimum atomic E-state index is -0.531. The Morgan fingerprint density at radius 3 is 2.73 bits per heavy atom. The maximum atomic E-state index is 9.37. The Labute approximate surface area is 182 Å². The summed E-state index contributed by atoms with van der Waals surface area (Å²) in [6.07, 6.45) is 0. The van der Waals surface area contributed by atoms with E-state index in [0.29, 0.717) is 40.7 Å². The maximum Gasteiger partial charge on any atom is 0.258 e. The minimum Gasteiger partial charge on any atom is -0.508 e. The van der Waals surface area contributed by atoms with Crippen molar-refractivity contribution in [3.8, 4) is 23.0 Å². The summed E-state index contributed by atoms with van der Waals surface area (Å²) in [5.41, 5.74) is 0.724. The average Bonchev–Trinajstić information content (AvgIpc) is 3.40. The Bertz CT molecular complexity index is 1150. The number of aromatic hydroxyl groups is 1. The van der Waals surface area contributed by atoms with Gasteiger partial charge in [0, 0.05) is 17.1 Å². The molecule has 10 heteroatoms. The Hall–Kier alpha value is -3.04. The van der Waals surface area contributed by atoms with Crippen LogP contribution in [0, 0.1) is 0 Å². The number of phenolic OH excluding ortho intramolecular Hbond substituents is 1. The molecule has 1 atom stereocenters. The fraction of sp³-hybridized carbons (Fsp3) is 0.200. The predicted molar refractivity (Wildman–Crippen MR) is 114 cm³/mol. The zero-order valence-corrected chi connectivity index (χ0v) is 17.6. The Kier molecular flexibility index (Phi) is 5.91. The number of rotatable bonds is 7. The highest BCUT2D eigenvalue weighted by molar-refractivity contribution is 7.80. The molecule has 4 rings (SSSR count). The number of hydrogen-bond donors (Lipinski definition) is 2. The molecule has 2 aromatic carbocycles. The van der Waals surface area contributed by atoms with Crippen LogP contribution in [0.25, 0.3) is 11.5 Å². The van der Waals surface area contributed by atoms with E-state index in [2.05, 4.69) is 33.0 Å². The van der Waals surface area contributed by atoms with E-state index in [4.69, 9.17) is 20.9 Å². The van der Waals surface area contributed by atoms with E-state index in [-0.39, 0.29) is 12.4 Å². The molecule has 0 amide bonds. The number of ether oxygens (including phenoxy) is 1. The summed E-state index contributed by atoms with van der Waals surface area (Å²) in [5, 5.41) is 22.0. The molecule has 2 aromatic heterocycles. The largest absolute Gasteiger partial charge is 0.508 e. The normalized spacial score (nSPS) is 12.1. The molecule has 0 fully saturated rings. The number of benzene rings is 2. The Balaban J connectivity index is 1.53. The second-order valence-electron chi connectivity index (χ2n) is 6.37. The molecule has 1 unspecified atom stereocenters. The first kappa shape index (κ1) is 20.2. The fourth-order valence-corrected chi connectivity index (χ4v) is 3.38. The molecule has 0 bridgehead atoms. The first-order valence-corrected chi connectivity index (χ1v) is 10.1. The molecule has 0 radical (unpaired) electrons. The van der Waals surface area contributed by atoms with Crippen molar-refractivity contribution in [1.82, 2.24) is 24.9 Å². The maximum absolute atomic E-state index is 9.37. The van der Waals surface area contributed by atoms with Gasteiger partial charge in [-0.15, -0.1) is 10.2 Å². The van der Waals surface area contributed by atoms with Crippen molar-refractivity contribution >= 4 is 24.2 Å². The molecule has 0 saturated heterocycles. The molecular formula is C20H18ClN5O3S. The van der Waals surface area contributed by atoms with Crippen molar-refractivity contribution in [2.75, 3.05) is 0 Å². The van der Waals surface area contributed by atoms with Gasteiger partial charge in [-0.25, -0.2) is 0 Å². The van der Waals surface area contributed by atoms with Gasteiger partial charge in [0.15, 0.2) is 17.5 Å². The van der Waals surface area contributed by atoms with Gasteiger partial charge < -0.3 is 18.9 Å². The van der Waals surface area contributed by atoms with Gasteiger partial charge in [-0.3, -0.25) is 0 Å². The topological polar surface area (TPSA) is 99.1 Å².